The monoisotopic (exact) mass is 587 g/mol. The molecule has 0 bridgehead atoms. The van der Waals surface area contributed by atoms with Gasteiger partial charge in [-0.05, 0) is 59.3 Å². The number of nitrogens with two attached hydrogens (primary N) is 1. The average molecular weight is 588 g/mol. The number of methoxy groups -OCH3 is 1. The highest BCUT2D eigenvalue weighted by atomic mass is 32.2. The second-order valence-corrected chi connectivity index (χ2v) is 10.1. The van der Waals surface area contributed by atoms with Crippen molar-refractivity contribution in [3.8, 4) is 17.2 Å². The van der Waals surface area contributed by atoms with Gasteiger partial charge in [0.25, 0.3) is 10.0 Å². The van der Waals surface area contributed by atoms with E-state index >= 15 is 0 Å². The zero-order valence-electron chi connectivity index (χ0n) is 21.0. The lowest BCUT2D eigenvalue weighted by molar-refractivity contribution is -0.193. The highest BCUT2D eigenvalue weighted by Crippen LogP contribution is 2.35. The number of carbonyl (C=O) groups excluding carboxylic acids is 2. The van der Waals surface area contributed by atoms with Gasteiger partial charge in [-0.25, -0.2) is 18.0 Å². The minimum Gasteiger partial charge on any atom is -0.497 e. The second-order valence-electron chi connectivity index (χ2n) is 8.41. The van der Waals surface area contributed by atoms with Crippen molar-refractivity contribution >= 4 is 44.3 Å². The van der Waals surface area contributed by atoms with Crippen LogP contribution in [0.3, 0.4) is 0 Å². The molecule has 0 aliphatic carbocycles. The molecule has 0 amide bonds. The normalized spacial score (nSPS) is 11.5. The lowest BCUT2D eigenvalue weighted by Gasteiger charge is -2.15. The van der Waals surface area contributed by atoms with Crippen LogP contribution in [0, 0.1) is 5.41 Å². The molecule has 0 aromatic heterocycles. The predicted octanol–water partition coefficient (Wildman–Crippen LogP) is 4.97. The maximum Gasteiger partial charge on any atom is 0.491 e. The van der Waals surface area contributed by atoms with Crippen LogP contribution in [0.4, 0.5) is 18.9 Å². The van der Waals surface area contributed by atoms with Gasteiger partial charge in [0.2, 0.25) is 0 Å². The fraction of sp³-hybridized carbons (Fsp3) is 0.0741. The molecule has 41 heavy (non-hydrogen) atoms. The Labute approximate surface area is 231 Å². The zero-order chi connectivity index (χ0) is 29.9. The van der Waals surface area contributed by atoms with Crippen LogP contribution in [-0.2, 0) is 19.6 Å². The van der Waals surface area contributed by atoms with Crippen LogP contribution < -0.4 is 19.9 Å². The van der Waals surface area contributed by atoms with Crippen molar-refractivity contribution in [3.63, 3.8) is 0 Å². The van der Waals surface area contributed by atoms with E-state index in [1.807, 2.05) is 0 Å². The Morgan fingerprint density at radius 1 is 0.878 bits per heavy atom. The van der Waals surface area contributed by atoms with Crippen LogP contribution in [0.25, 0.3) is 10.8 Å². The van der Waals surface area contributed by atoms with Crippen molar-refractivity contribution in [1.82, 2.24) is 0 Å². The van der Waals surface area contributed by atoms with Gasteiger partial charge in [0.05, 0.1) is 12.7 Å². The van der Waals surface area contributed by atoms with Crippen molar-refractivity contribution in [2.24, 2.45) is 5.73 Å². The van der Waals surface area contributed by atoms with Crippen LogP contribution >= 0.6 is 0 Å². The van der Waals surface area contributed by atoms with Crippen LogP contribution in [0.1, 0.15) is 15.9 Å². The number of sulfonamides is 1. The van der Waals surface area contributed by atoms with E-state index < -0.39 is 33.7 Å². The Morgan fingerprint density at radius 2 is 1.56 bits per heavy atom. The number of hydrogen-bond acceptors (Lipinski definition) is 8. The largest absolute Gasteiger partial charge is 0.497 e. The molecule has 0 fully saturated rings. The van der Waals surface area contributed by atoms with E-state index in [-0.39, 0.29) is 33.7 Å². The van der Waals surface area contributed by atoms with E-state index in [1.54, 1.807) is 36.4 Å². The average Bonchev–Trinajstić information content (AvgIpc) is 2.91. The Hall–Kier alpha value is -5.11. The Balaban J connectivity index is 1.63. The number of benzene rings is 4. The Kier molecular flexibility index (Phi) is 7.87. The van der Waals surface area contributed by atoms with Crippen molar-refractivity contribution in [3.05, 3.63) is 90.0 Å². The van der Waals surface area contributed by atoms with Crippen molar-refractivity contribution in [2.75, 3.05) is 11.8 Å². The summed E-state index contributed by atoms with van der Waals surface area (Å²) in [6.07, 6.45) is -5.39. The van der Waals surface area contributed by atoms with E-state index in [2.05, 4.69) is 9.46 Å². The smallest absolute Gasteiger partial charge is 0.491 e. The lowest BCUT2D eigenvalue weighted by atomic mass is 10.1. The van der Waals surface area contributed by atoms with Gasteiger partial charge in [-0.15, -0.1) is 0 Å². The molecule has 14 heteroatoms. The fourth-order valence-corrected chi connectivity index (χ4v) is 4.78. The molecule has 4 rings (SSSR count). The summed E-state index contributed by atoms with van der Waals surface area (Å²) in [5.41, 5.74) is 5.37. The van der Waals surface area contributed by atoms with Gasteiger partial charge < -0.3 is 19.9 Å². The predicted molar refractivity (Wildman–Crippen MR) is 142 cm³/mol. The molecule has 4 aromatic rings. The molecule has 0 aliphatic rings. The number of anilines is 1. The minimum absolute atomic E-state index is 0.0943. The number of esters is 2. The van der Waals surface area contributed by atoms with Gasteiger partial charge in [-0.1, -0.05) is 24.3 Å². The SMILES string of the molecule is COc1ccc(S(=O)(=O)Nc2cccc(C(=O)OC(=O)C(F)(F)F)c2)c(Oc2ccc3cc(C(=N)N)ccc3c2)c1. The number of alkyl halides is 3. The lowest BCUT2D eigenvalue weighted by Crippen LogP contribution is -2.28. The molecule has 0 spiro atoms. The van der Waals surface area contributed by atoms with Gasteiger partial charge in [-0.3, -0.25) is 10.1 Å². The molecular formula is C27H20F3N3O7S. The maximum atomic E-state index is 13.3. The summed E-state index contributed by atoms with van der Waals surface area (Å²) in [5.74, 6) is -3.98. The fourth-order valence-electron chi connectivity index (χ4n) is 3.62. The van der Waals surface area contributed by atoms with E-state index in [4.69, 9.17) is 20.6 Å². The molecule has 0 heterocycles. The van der Waals surface area contributed by atoms with Crippen molar-refractivity contribution in [1.29, 1.82) is 5.41 Å². The number of fused-ring (bicyclic) bond motifs is 1. The number of carbonyl (C=O) groups is 2. The van der Waals surface area contributed by atoms with E-state index in [0.717, 1.165) is 22.9 Å². The number of ether oxygens (including phenoxy) is 3. The highest BCUT2D eigenvalue weighted by molar-refractivity contribution is 7.92. The topological polar surface area (TPSA) is 158 Å². The number of hydrogen-bond donors (Lipinski definition) is 3. The molecule has 0 unspecified atom stereocenters. The van der Waals surface area contributed by atoms with Gasteiger partial charge in [0.1, 0.15) is 22.2 Å². The first-order chi connectivity index (χ1) is 19.3. The summed E-state index contributed by atoms with van der Waals surface area (Å²) >= 11 is 0. The molecule has 0 saturated carbocycles. The highest BCUT2D eigenvalue weighted by Gasteiger charge is 2.42. The third-order valence-corrected chi connectivity index (χ3v) is 6.98. The van der Waals surface area contributed by atoms with Crippen molar-refractivity contribution in [2.45, 2.75) is 11.1 Å². The first-order valence-corrected chi connectivity index (χ1v) is 13.0. The molecule has 4 N–H and O–H groups in total. The summed E-state index contributed by atoms with van der Waals surface area (Å²) in [5, 5.41) is 9.08. The van der Waals surface area contributed by atoms with Crippen molar-refractivity contribution < 1.29 is 45.4 Å². The Bertz CT molecular complexity index is 1790. The molecule has 0 atom stereocenters. The first-order valence-electron chi connectivity index (χ1n) is 11.5. The third-order valence-electron chi connectivity index (χ3n) is 5.56. The van der Waals surface area contributed by atoms with Crippen LogP contribution in [-0.4, -0.2) is 39.5 Å². The maximum absolute atomic E-state index is 13.3. The minimum atomic E-state index is -5.39. The molecule has 10 nitrogen and oxygen atoms in total. The summed E-state index contributed by atoms with van der Waals surface area (Å²) in [4.78, 5) is 22.6. The molecular weight excluding hydrogens is 567 g/mol. The second kappa shape index (κ2) is 11.2. The summed E-state index contributed by atoms with van der Waals surface area (Å²) < 4.78 is 81.1. The third kappa shape index (κ3) is 6.73. The van der Waals surface area contributed by atoms with Gasteiger partial charge in [-0.2, -0.15) is 13.2 Å². The molecule has 0 radical (unpaired) electrons. The standard InChI is InChI=1S/C27H20F3N3O7S/c1-38-20-9-10-23(22(14-20)39-21-8-7-15-11-17(24(31)32)6-5-16(15)13-21)41(36,37)33-19-4-2-3-18(12-19)25(34)40-26(35)27(28,29)30/h2-14,33H,1H3,(H3,31,32). The van der Waals surface area contributed by atoms with Crippen LogP contribution in [0.5, 0.6) is 17.2 Å². The van der Waals surface area contributed by atoms with E-state index in [0.29, 0.717) is 5.56 Å². The van der Waals surface area contributed by atoms with Crippen LogP contribution in [0.2, 0.25) is 0 Å². The zero-order valence-corrected chi connectivity index (χ0v) is 21.8. The van der Waals surface area contributed by atoms with Gasteiger partial charge >= 0.3 is 18.1 Å². The summed E-state index contributed by atoms with van der Waals surface area (Å²) in [7, 11) is -3.03. The van der Waals surface area contributed by atoms with Crippen LogP contribution in [0.15, 0.2) is 83.8 Å². The summed E-state index contributed by atoms with van der Waals surface area (Å²) in [6.45, 7) is 0. The molecule has 4 aromatic carbocycles. The molecule has 0 saturated heterocycles. The number of nitrogens with one attached hydrogen (secondary N) is 2. The molecule has 212 valence electrons. The quantitative estimate of drug-likeness (QED) is 0.113. The first kappa shape index (κ1) is 28.9. The number of halogens is 3. The molecule has 0 aliphatic heterocycles. The van der Waals surface area contributed by atoms with Gasteiger partial charge in [0.15, 0.2) is 5.75 Å². The number of amidine groups is 1. The summed E-state index contributed by atoms with van der Waals surface area (Å²) in [6, 6.07) is 18.4. The number of rotatable bonds is 8. The number of nitrogen functional groups attached to an aromatic ring is 1. The van der Waals surface area contributed by atoms with Gasteiger partial charge in [0, 0.05) is 17.3 Å². The van der Waals surface area contributed by atoms with E-state index in [1.165, 1.54) is 37.4 Å². The Morgan fingerprint density at radius 3 is 2.24 bits per heavy atom. The van der Waals surface area contributed by atoms with E-state index in [9.17, 15) is 31.2 Å².